The van der Waals surface area contributed by atoms with Gasteiger partial charge in [-0.1, -0.05) is 13.8 Å². The molecule has 0 bridgehead atoms. The third-order valence-corrected chi connectivity index (χ3v) is 0.810. The molecule has 0 aliphatic rings. The molecule has 3 heteroatoms. The smallest absolute Gasteiger partial charge is 0.244 e. The summed E-state index contributed by atoms with van der Waals surface area (Å²) < 4.78 is 12.0. The maximum atomic E-state index is 12.0. The van der Waals surface area contributed by atoms with Crippen molar-refractivity contribution in [3.63, 3.8) is 0 Å². The number of alkyl halides is 1. The Morgan fingerprint density at radius 1 is 1.50 bits per heavy atom. The molecule has 0 heterocycles. The summed E-state index contributed by atoms with van der Waals surface area (Å²) in [4.78, 5) is 9.65. The van der Waals surface area contributed by atoms with Crippen LogP contribution in [0.4, 0.5) is 4.39 Å². The Kier molecular flexibility index (Phi) is 2.45. The molecule has 0 saturated carbocycles. The number of hydrogen-bond acceptors (Lipinski definition) is 1. The van der Waals surface area contributed by atoms with Crippen LogP contribution in [0.1, 0.15) is 13.8 Å². The van der Waals surface area contributed by atoms with Gasteiger partial charge in [-0.2, -0.15) is 0 Å². The molecule has 0 aliphatic heterocycles. The minimum Gasteiger partial charge on any atom is -0.244 e. The normalized spacial score (nSPS) is 14.0. The zero-order valence-corrected chi connectivity index (χ0v) is 4.85. The van der Waals surface area contributed by atoms with Crippen LogP contribution in [0, 0.1) is 5.92 Å². The lowest BCUT2D eigenvalue weighted by atomic mass is 10.1. The Balaban J connectivity index is 3.64. The van der Waals surface area contributed by atoms with E-state index in [0.717, 1.165) is 0 Å². The first-order valence-corrected chi connectivity index (χ1v) is 2.40. The zero-order chi connectivity index (χ0) is 6.73. The number of halogens is 1. The monoisotopic (exact) mass is 119 g/mol. The third kappa shape index (κ3) is 1.91. The second kappa shape index (κ2) is 2.64. The van der Waals surface area contributed by atoms with Gasteiger partial charge in [-0.15, -0.1) is 0 Å². The van der Waals surface area contributed by atoms with Gasteiger partial charge in [0, 0.05) is 0 Å². The standard InChI is InChI=1S/C5H8FO2/c1-3(2)4(6)5(7)8/h3-4H,1-2H3. The number of rotatable bonds is 2. The summed E-state index contributed by atoms with van der Waals surface area (Å²) in [6, 6.07) is 0. The van der Waals surface area contributed by atoms with E-state index in [-0.39, 0.29) is 0 Å². The Labute approximate surface area is 47.3 Å². The molecule has 0 aromatic rings. The van der Waals surface area contributed by atoms with Crippen molar-refractivity contribution >= 4 is 5.97 Å². The summed E-state index contributed by atoms with van der Waals surface area (Å²) in [6.07, 6.45) is -1.82. The predicted octanol–water partition coefficient (Wildman–Crippen LogP) is 0.938. The highest BCUT2D eigenvalue weighted by molar-refractivity contribution is 5.71. The van der Waals surface area contributed by atoms with E-state index in [1.54, 1.807) is 0 Å². The quantitative estimate of drug-likeness (QED) is 0.532. The van der Waals surface area contributed by atoms with E-state index >= 15 is 0 Å². The first-order chi connectivity index (χ1) is 3.55. The van der Waals surface area contributed by atoms with Crippen LogP contribution >= 0.6 is 0 Å². The third-order valence-electron chi connectivity index (χ3n) is 0.810. The molecule has 0 amide bonds. The van der Waals surface area contributed by atoms with Gasteiger partial charge in [0.2, 0.25) is 6.17 Å². The summed E-state index contributed by atoms with van der Waals surface area (Å²) >= 11 is 0. The minimum absolute atomic E-state index is 0.486. The van der Waals surface area contributed by atoms with E-state index in [0.29, 0.717) is 0 Å². The lowest BCUT2D eigenvalue weighted by molar-refractivity contribution is -0.150. The molecule has 47 valence electrons. The predicted molar refractivity (Wildman–Crippen MR) is 25.4 cm³/mol. The molecular weight excluding hydrogens is 111 g/mol. The van der Waals surface area contributed by atoms with E-state index in [1.807, 2.05) is 0 Å². The van der Waals surface area contributed by atoms with Gasteiger partial charge in [-0.3, -0.25) is 0 Å². The van der Waals surface area contributed by atoms with Gasteiger partial charge < -0.3 is 0 Å². The Morgan fingerprint density at radius 2 is 1.88 bits per heavy atom. The van der Waals surface area contributed by atoms with Crippen molar-refractivity contribution < 1.29 is 14.3 Å². The molecule has 0 fully saturated rings. The highest BCUT2D eigenvalue weighted by Crippen LogP contribution is 2.04. The van der Waals surface area contributed by atoms with Crippen molar-refractivity contribution in [1.82, 2.24) is 0 Å². The first-order valence-electron chi connectivity index (χ1n) is 2.40. The maximum Gasteiger partial charge on any atom is 0.389 e. The van der Waals surface area contributed by atoms with Crippen molar-refractivity contribution in [2.24, 2.45) is 5.92 Å². The fourth-order valence-corrected chi connectivity index (χ4v) is 0.272. The van der Waals surface area contributed by atoms with Gasteiger partial charge in [-0.25, -0.2) is 14.3 Å². The van der Waals surface area contributed by atoms with E-state index in [2.05, 4.69) is 0 Å². The van der Waals surface area contributed by atoms with Gasteiger partial charge in [0.1, 0.15) is 0 Å². The molecule has 0 aromatic carbocycles. The number of hydrogen-bond donors (Lipinski definition) is 0. The van der Waals surface area contributed by atoms with Gasteiger partial charge in [-0.05, 0) is 5.92 Å². The van der Waals surface area contributed by atoms with Crippen LogP contribution in [0.15, 0.2) is 0 Å². The second-order valence-corrected chi connectivity index (χ2v) is 1.96. The molecule has 1 unspecified atom stereocenters. The molecule has 0 spiro atoms. The molecule has 0 saturated heterocycles. The Hall–Kier alpha value is -0.600. The van der Waals surface area contributed by atoms with E-state index in [1.165, 1.54) is 13.8 Å². The molecule has 0 rings (SSSR count). The van der Waals surface area contributed by atoms with Gasteiger partial charge >= 0.3 is 5.97 Å². The Morgan fingerprint density at radius 3 is 1.88 bits per heavy atom. The lowest BCUT2D eigenvalue weighted by Crippen LogP contribution is -2.19. The largest absolute Gasteiger partial charge is 0.389 e. The summed E-state index contributed by atoms with van der Waals surface area (Å²) in [7, 11) is 0. The molecule has 0 N–H and O–H groups in total. The fourth-order valence-electron chi connectivity index (χ4n) is 0.272. The van der Waals surface area contributed by atoms with Crippen LogP contribution < -0.4 is 0 Å². The second-order valence-electron chi connectivity index (χ2n) is 1.96. The zero-order valence-electron chi connectivity index (χ0n) is 4.85. The van der Waals surface area contributed by atoms with Crippen LogP contribution in [0.2, 0.25) is 0 Å². The van der Waals surface area contributed by atoms with Crippen molar-refractivity contribution in [1.29, 1.82) is 0 Å². The van der Waals surface area contributed by atoms with E-state index in [4.69, 9.17) is 0 Å². The van der Waals surface area contributed by atoms with Crippen molar-refractivity contribution in [2.45, 2.75) is 20.0 Å². The van der Waals surface area contributed by atoms with Crippen molar-refractivity contribution in [3.8, 4) is 0 Å². The molecule has 1 radical (unpaired) electrons. The van der Waals surface area contributed by atoms with E-state index < -0.39 is 18.1 Å². The number of carbonyl (C=O) groups is 1. The molecule has 8 heavy (non-hydrogen) atoms. The molecule has 0 aromatic heterocycles. The first kappa shape index (κ1) is 7.40. The summed E-state index contributed by atoms with van der Waals surface area (Å²) in [5.41, 5.74) is 0. The molecule has 1 atom stereocenters. The Bertz CT molecular complexity index is 90.4. The van der Waals surface area contributed by atoms with Crippen LogP contribution in [0.3, 0.4) is 0 Å². The average molecular weight is 119 g/mol. The van der Waals surface area contributed by atoms with Crippen molar-refractivity contribution in [3.05, 3.63) is 0 Å². The van der Waals surface area contributed by atoms with Crippen LogP contribution in [-0.4, -0.2) is 12.1 Å². The van der Waals surface area contributed by atoms with Gasteiger partial charge in [0.05, 0.1) is 0 Å². The van der Waals surface area contributed by atoms with Gasteiger partial charge in [0.15, 0.2) is 0 Å². The fraction of sp³-hybridized carbons (Fsp3) is 0.800. The van der Waals surface area contributed by atoms with Crippen LogP contribution in [-0.2, 0) is 9.90 Å². The van der Waals surface area contributed by atoms with Crippen LogP contribution in [0.5, 0.6) is 0 Å². The maximum absolute atomic E-state index is 12.0. The molecule has 2 nitrogen and oxygen atoms in total. The summed E-state index contributed by atoms with van der Waals surface area (Å²) in [5.74, 6) is -2.11. The lowest BCUT2D eigenvalue weighted by Gasteiger charge is -2.01. The van der Waals surface area contributed by atoms with E-state index in [9.17, 15) is 14.3 Å². The SMILES string of the molecule is CC(C)C(F)C([O])=O. The summed E-state index contributed by atoms with van der Waals surface area (Å²) in [5, 5.41) is 9.65. The molecule has 0 aliphatic carbocycles. The average Bonchev–Trinajstić information content (AvgIpc) is 1.64. The molecular formula is C5H8FO2. The van der Waals surface area contributed by atoms with Gasteiger partial charge in [0.25, 0.3) is 0 Å². The van der Waals surface area contributed by atoms with Crippen molar-refractivity contribution in [2.75, 3.05) is 0 Å². The highest BCUT2D eigenvalue weighted by atomic mass is 19.1. The highest BCUT2D eigenvalue weighted by Gasteiger charge is 2.21. The minimum atomic E-state index is -1.82. The topological polar surface area (TPSA) is 37.0 Å². The summed E-state index contributed by atoms with van der Waals surface area (Å²) in [6.45, 7) is 2.97. The number of carbonyl (C=O) groups excluding carboxylic acids is 1. The van der Waals surface area contributed by atoms with Crippen LogP contribution in [0.25, 0.3) is 0 Å².